The van der Waals surface area contributed by atoms with Crippen molar-refractivity contribution in [2.45, 2.75) is 19.0 Å². The smallest absolute Gasteiger partial charge is 0.326 e. The Labute approximate surface area is 129 Å². The van der Waals surface area contributed by atoms with E-state index >= 15 is 0 Å². The molecular formula is C15H12BrNO4. The van der Waals surface area contributed by atoms with Crippen LogP contribution in [-0.2, 0) is 17.8 Å². The van der Waals surface area contributed by atoms with Crippen LogP contribution in [0.15, 0.2) is 45.5 Å². The second-order valence-electron chi connectivity index (χ2n) is 4.86. The Morgan fingerprint density at radius 3 is 2.52 bits per heavy atom. The molecule has 0 unspecified atom stereocenters. The molecular weight excluding hydrogens is 338 g/mol. The molecule has 0 saturated carbocycles. The number of halogens is 1. The number of amides is 1. The topological polar surface area (TPSA) is 70.8 Å². The molecule has 0 aliphatic carbocycles. The average Bonchev–Trinajstić information content (AvgIpc) is 2.91. The van der Waals surface area contributed by atoms with E-state index in [1.807, 2.05) is 24.3 Å². The van der Waals surface area contributed by atoms with Crippen molar-refractivity contribution in [2.24, 2.45) is 0 Å². The highest BCUT2D eigenvalue weighted by atomic mass is 79.9. The summed E-state index contributed by atoms with van der Waals surface area (Å²) in [6, 6.07) is 9.83. The maximum absolute atomic E-state index is 12.5. The van der Waals surface area contributed by atoms with Crippen LogP contribution in [0.25, 0.3) is 0 Å². The van der Waals surface area contributed by atoms with Crippen molar-refractivity contribution < 1.29 is 19.1 Å². The van der Waals surface area contributed by atoms with Gasteiger partial charge in [0.15, 0.2) is 10.4 Å². The zero-order chi connectivity index (χ0) is 15.0. The normalized spacial score (nSPS) is 17.4. The highest BCUT2D eigenvalue weighted by Gasteiger charge is 2.35. The van der Waals surface area contributed by atoms with Gasteiger partial charge in [-0.15, -0.1) is 0 Å². The highest BCUT2D eigenvalue weighted by Crippen LogP contribution is 2.26. The lowest BCUT2D eigenvalue weighted by molar-refractivity contribution is -0.142. The Hall–Kier alpha value is -2.08. The van der Waals surface area contributed by atoms with Crippen LogP contribution in [0.4, 0.5) is 0 Å². The van der Waals surface area contributed by atoms with Crippen LogP contribution in [0.3, 0.4) is 0 Å². The SMILES string of the molecule is O=C(O)[C@@H]1Cc2ccccc2CN1C(=O)c1ccc(Br)o1. The average molecular weight is 350 g/mol. The zero-order valence-electron chi connectivity index (χ0n) is 11.0. The summed E-state index contributed by atoms with van der Waals surface area (Å²) in [4.78, 5) is 25.3. The highest BCUT2D eigenvalue weighted by molar-refractivity contribution is 9.10. The number of hydrogen-bond donors (Lipinski definition) is 1. The molecule has 108 valence electrons. The molecule has 1 aromatic heterocycles. The number of carbonyl (C=O) groups excluding carboxylic acids is 1. The van der Waals surface area contributed by atoms with Crippen LogP contribution >= 0.6 is 15.9 Å². The number of carboxylic acids is 1. The number of aliphatic carboxylic acids is 1. The third-order valence-corrected chi connectivity index (χ3v) is 4.00. The third-order valence-electron chi connectivity index (χ3n) is 3.58. The Morgan fingerprint density at radius 1 is 1.19 bits per heavy atom. The zero-order valence-corrected chi connectivity index (χ0v) is 12.5. The van der Waals surface area contributed by atoms with Gasteiger partial charge in [0.2, 0.25) is 0 Å². The van der Waals surface area contributed by atoms with Crippen LogP contribution < -0.4 is 0 Å². The van der Waals surface area contributed by atoms with Gasteiger partial charge in [0.05, 0.1) is 0 Å². The number of fused-ring (bicyclic) bond motifs is 1. The summed E-state index contributed by atoms with van der Waals surface area (Å²) >= 11 is 3.14. The minimum atomic E-state index is -1.01. The molecule has 1 N–H and O–H groups in total. The van der Waals surface area contributed by atoms with Crippen LogP contribution in [0.5, 0.6) is 0 Å². The van der Waals surface area contributed by atoms with Gasteiger partial charge >= 0.3 is 5.97 Å². The van der Waals surface area contributed by atoms with Gasteiger partial charge in [0.25, 0.3) is 5.91 Å². The summed E-state index contributed by atoms with van der Waals surface area (Å²) in [5, 5.41) is 9.40. The fourth-order valence-corrected chi connectivity index (χ4v) is 2.83. The fourth-order valence-electron chi connectivity index (χ4n) is 2.53. The Morgan fingerprint density at radius 2 is 1.90 bits per heavy atom. The van der Waals surface area contributed by atoms with Crippen molar-refractivity contribution in [3.8, 4) is 0 Å². The van der Waals surface area contributed by atoms with E-state index in [0.717, 1.165) is 11.1 Å². The van der Waals surface area contributed by atoms with Crippen LogP contribution in [0.1, 0.15) is 21.7 Å². The lowest BCUT2D eigenvalue weighted by Gasteiger charge is -2.33. The number of furan rings is 1. The fraction of sp³-hybridized carbons (Fsp3) is 0.200. The van der Waals surface area contributed by atoms with E-state index in [1.165, 1.54) is 11.0 Å². The van der Waals surface area contributed by atoms with Crippen molar-refractivity contribution >= 4 is 27.8 Å². The van der Waals surface area contributed by atoms with Crippen molar-refractivity contribution in [2.75, 3.05) is 0 Å². The second kappa shape index (κ2) is 5.37. The van der Waals surface area contributed by atoms with Gasteiger partial charge in [-0.3, -0.25) is 4.79 Å². The van der Waals surface area contributed by atoms with Gasteiger partial charge in [-0.05, 0) is 39.2 Å². The van der Waals surface area contributed by atoms with Gasteiger partial charge in [-0.2, -0.15) is 0 Å². The minimum Gasteiger partial charge on any atom is -0.480 e. The third kappa shape index (κ3) is 2.58. The molecule has 2 aromatic rings. The monoisotopic (exact) mass is 349 g/mol. The predicted molar refractivity (Wildman–Crippen MR) is 77.9 cm³/mol. The maximum atomic E-state index is 12.5. The van der Waals surface area contributed by atoms with Crippen LogP contribution in [0.2, 0.25) is 0 Å². The first-order chi connectivity index (χ1) is 10.1. The molecule has 2 heterocycles. The molecule has 1 amide bonds. The second-order valence-corrected chi connectivity index (χ2v) is 5.65. The number of nitrogens with zero attached hydrogens (tertiary/aromatic N) is 1. The molecule has 5 nitrogen and oxygen atoms in total. The summed E-state index contributed by atoms with van der Waals surface area (Å²) < 4.78 is 5.69. The number of hydrogen-bond acceptors (Lipinski definition) is 3. The molecule has 21 heavy (non-hydrogen) atoms. The van der Waals surface area contributed by atoms with E-state index in [2.05, 4.69) is 15.9 Å². The van der Waals surface area contributed by atoms with Crippen molar-refractivity contribution in [3.63, 3.8) is 0 Å². The lowest BCUT2D eigenvalue weighted by Crippen LogP contribution is -2.48. The van der Waals surface area contributed by atoms with Gasteiger partial charge in [0.1, 0.15) is 6.04 Å². The maximum Gasteiger partial charge on any atom is 0.326 e. The molecule has 0 spiro atoms. The predicted octanol–water partition coefficient (Wildman–Crippen LogP) is 2.69. The Balaban J connectivity index is 1.96. The first kappa shape index (κ1) is 13.9. The van der Waals surface area contributed by atoms with E-state index in [9.17, 15) is 14.7 Å². The number of rotatable bonds is 2. The van der Waals surface area contributed by atoms with Crippen molar-refractivity contribution in [1.29, 1.82) is 0 Å². The van der Waals surface area contributed by atoms with Gasteiger partial charge in [-0.25, -0.2) is 4.79 Å². The van der Waals surface area contributed by atoms with Gasteiger partial charge in [0, 0.05) is 13.0 Å². The van der Waals surface area contributed by atoms with Crippen LogP contribution in [-0.4, -0.2) is 27.9 Å². The van der Waals surface area contributed by atoms with E-state index in [0.29, 0.717) is 11.1 Å². The first-order valence-electron chi connectivity index (χ1n) is 6.42. The Kier molecular flexibility index (Phi) is 3.55. The molecule has 1 aliphatic heterocycles. The van der Waals surface area contributed by atoms with E-state index in [4.69, 9.17) is 4.42 Å². The van der Waals surface area contributed by atoms with Crippen molar-refractivity contribution in [3.05, 3.63) is 58.0 Å². The molecule has 6 heteroatoms. The van der Waals surface area contributed by atoms with Gasteiger partial charge in [-0.1, -0.05) is 24.3 Å². The molecule has 0 bridgehead atoms. The minimum absolute atomic E-state index is 0.132. The van der Waals surface area contributed by atoms with E-state index in [1.54, 1.807) is 6.07 Å². The summed E-state index contributed by atoms with van der Waals surface area (Å²) in [6.45, 7) is 0.268. The largest absolute Gasteiger partial charge is 0.480 e. The number of carboxylic acid groups (broad SMARTS) is 1. The quantitative estimate of drug-likeness (QED) is 0.904. The summed E-state index contributed by atoms with van der Waals surface area (Å²) in [7, 11) is 0. The van der Waals surface area contributed by atoms with E-state index < -0.39 is 17.9 Å². The first-order valence-corrected chi connectivity index (χ1v) is 7.21. The molecule has 1 aliphatic rings. The van der Waals surface area contributed by atoms with Crippen molar-refractivity contribution in [1.82, 2.24) is 4.90 Å². The molecule has 3 rings (SSSR count). The van der Waals surface area contributed by atoms with E-state index in [-0.39, 0.29) is 12.3 Å². The number of carbonyl (C=O) groups is 2. The molecule has 0 fully saturated rings. The lowest BCUT2D eigenvalue weighted by atomic mass is 9.94. The molecule has 1 atom stereocenters. The summed E-state index contributed by atoms with van der Waals surface area (Å²) in [5.41, 5.74) is 1.93. The van der Waals surface area contributed by atoms with Crippen LogP contribution in [0, 0.1) is 0 Å². The van der Waals surface area contributed by atoms with Gasteiger partial charge < -0.3 is 14.4 Å². The number of benzene rings is 1. The summed E-state index contributed by atoms with van der Waals surface area (Å²) in [6.07, 6.45) is 0.305. The molecule has 0 saturated heterocycles. The summed E-state index contributed by atoms with van der Waals surface area (Å²) in [5.74, 6) is -1.29. The Bertz CT molecular complexity index is 709. The molecule has 1 aromatic carbocycles. The molecule has 0 radical (unpaired) electrons. The standard InChI is InChI=1S/C15H12BrNO4/c16-13-6-5-12(21-13)14(18)17-8-10-4-2-1-3-9(10)7-11(17)15(19)20/h1-6,11H,7-8H2,(H,19,20)/t11-/m0/s1.